The third kappa shape index (κ3) is 3.16. The highest BCUT2D eigenvalue weighted by Crippen LogP contribution is 2.21. The minimum Gasteiger partial charge on any atom is -0.259 e. The quantitative estimate of drug-likeness (QED) is 0.838. The van der Waals surface area contributed by atoms with Gasteiger partial charge in [0.1, 0.15) is 17.6 Å². The summed E-state index contributed by atoms with van der Waals surface area (Å²) in [6, 6.07) is 7.64. The molecule has 0 amide bonds. The maximum absolute atomic E-state index is 12.5. The number of hydrogen-bond donors (Lipinski definition) is 0. The van der Waals surface area contributed by atoms with Gasteiger partial charge in [0.2, 0.25) is 10.0 Å². The fourth-order valence-corrected chi connectivity index (χ4v) is 4.84. The maximum atomic E-state index is 12.5. The van der Waals surface area contributed by atoms with Crippen LogP contribution in [0, 0.1) is 0 Å². The Kier molecular flexibility index (Phi) is 4.46. The molecule has 0 saturated carbocycles. The van der Waals surface area contributed by atoms with Crippen molar-refractivity contribution in [2.24, 2.45) is 0 Å². The first-order valence-electron chi connectivity index (χ1n) is 7.33. The molecule has 118 valence electrons. The molecule has 0 spiro atoms. The molecule has 22 heavy (non-hydrogen) atoms. The van der Waals surface area contributed by atoms with E-state index in [1.54, 1.807) is 27.9 Å². The van der Waals surface area contributed by atoms with Gasteiger partial charge in [-0.15, -0.1) is 11.3 Å². The van der Waals surface area contributed by atoms with Gasteiger partial charge in [-0.3, -0.25) is 4.90 Å². The van der Waals surface area contributed by atoms with Crippen LogP contribution in [0.3, 0.4) is 0 Å². The number of aromatic amines is 1. The first kappa shape index (κ1) is 15.5. The van der Waals surface area contributed by atoms with Crippen molar-refractivity contribution in [3.05, 3.63) is 40.7 Å². The molecule has 1 aliphatic rings. The summed E-state index contributed by atoms with van der Waals surface area (Å²) >= 11 is 1.71. The van der Waals surface area contributed by atoms with Gasteiger partial charge in [0, 0.05) is 24.0 Å². The summed E-state index contributed by atoms with van der Waals surface area (Å²) in [5.74, 6) is 0.897. The van der Waals surface area contributed by atoms with Crippen LogP contribution in [0.4, 0.5) is 5.82 Å². The zero-order valence-electron chi connectivity index (χ0n) is 12.5. The fraction of sp³-hybridized carbons (Fsp3) is 0.400. The SMILES string of the molecule is CN(Cc1cccs1)c1ccc(S(=O)(=O)N2CCCC2)c[nH+]1. The van der Waals surface area contributed by atoms with Crippen molar-refractivity contribution in [2.45, 2.75) is 24.3 Å². The summed E-state index contributed by atoms with van der Waals surface area (Å²) in [7, 11) is -1.36. The van der Waals surface area contributed by atoms with Crippen molar-refractivity contribution in [2.75, 3.05) is 25.0 Å². The molecule has 2 aromatic heterocycles. The number of thiophene rings is 1. The van der Waals surface area contributed by atoms with E-state index in [4.69, 9.17) is 0 Å². The summed E-state index contributed by atoms with van der Waals surface area (Å²) in [5.41, 5.74) is 0. The Morgan fingerprint density at radius 1 is 1.27 bits per heavy atom. The van der Waals surface area contributed by atoms with Gasteiger partial charge >= 0.3 is 0 Å². The van der Waals surface area contributed by atoms with Crippen molar-refractivity contribution in [1.29, 1.82) is 0 Å². The molecule has 1 fully saturated rings. The summed E-state index contributed by atoms with van der Waals surface area (Å²) in [6.45, 7) is 2.05. The van der Waals surface area contributed by atoms with Gasteiger partial charge < -0.3 is 0 Å². The molecular weight excluding hydrogens is 318 g/mol. The van der Waals surface area contributed by atoms with E-state index in [2.05, 4.69) is 21.3 Å². The summed E-state index contributed by atoms with van der Waals surface area (Å²) in [6.07, 6.45) is 3.49. The van der Waals surface area contributed by atoms with Crippen molar-refractivity contribution in [3.63, 3.8) is 0 Å². The van der Waals surface area contributed by atoms with E-state index in [1.165, 1.54) is 4.88 Å². The summed E-state index contributed by atoms with van der Waals surface area (Å²) < 4.78 is 26.5. The Morgan fingerprint density at radius 2 is 2.05 bits per heavy atom. The lowest BCUT2D eigenvalue weighted by Gasteiger charge is -2.15. The number of pyridine rings is 1. The lowest BCUT2D eigenvalue weighted by molar-refractivity contribution is -0.367. The molecule has 7 heteroatoms. The molecule has 5 nitrogen and oxygen atoms in total. The third-order valence-electron chi connectivity index (χ3n) is 3.85. The van der Waals surface area contributed by atoms with Crippen LogP contribution in [-0.2, 0) is 16.6 Å². The molecule has 2 aromatic rings. The lowest BCUT2D eigenvalue weighted by Crippen LogP contribution is -2.30. The molecule has 1 saturated heterocycles. The largest absolute Gasteiger partial charge is 0.274 e. The standard InChI is InChI=1S/C15H19N3O2S2/c1-17(12-13-5-4-10-21-13)15-7-6-14(11-16-15)22(19,20)18-8-2-3-9-18/h4-7,10-11H,2-3,8-9,12H2,1H3/p+1. The Hall–Kier alpha value is -1.44. The number of hydrogen-bond acceptors (Lipinski definition) is 4. The Bertz CT molecular complexity index is 706. The van der Waals surface area contributed by atoms with E-state index in [0.29, 0.717) is 18.0 Å². The number of nitrogens with zero attached hydrogens (tertiary/aromatic N) is 2. The summed E-state index contributed by atoms with van der Waals surface area (Å²) in [5, 5.41) is 2.05. The molecule has 3 heterocycles. The molecule has 1 N–H and O–H groups in total. The van der Waals surface area contributed by atoms with Gasteiger partial charge in [-0.1, -0.05) is 6.07 Å². The molecule has 0 bridgehead atoms. The average molecular weight is 338 g/mol. The second-order valence-corrected chi connectivity index (χ2v) is 8.43. The van der Waals surface area contributed by atoms with Crippen molar-refractivity contribution in [1.82, 2.24) is 4.31 Å². The van der Waals surface area contributed by atoms with E-state index < -0.39 is 10.0 Å². The molecule has 0 aromatic carbocycles. The molecule has 0 aliphatic carbocycles. The lowest BCUT2D eigenvalue weighted by atomic mass is 10.4. The number of anilines is 1. The van der Waals surface area contributed by atoms with Crippen LogP contribution >= 0.6 is 11.3 Å². The molecule has 1 aliphatic heterocycles. The first-order valence-corrected chi connectivity index (χ1v) is 9.65. The highest BCUT2D eigenvalue weighted by Gasteiger charge is 2.28. The fourth-order valence-electron chi connectivity index (χ4n) is 2.60. The monoisotopic (exact) mass is 338 g/mol. The van der Waals surface area contributed by atoms with E-state index in [9.17, 15) is 8.42 Å². The highest BCUT2D eigenvalue weighted by atomic mass is 32.2. The predicted octanol–water partition coefficient (Wildman–Crippen LogP) is 1.98. The van der Waals surface area contributed by atoms with Gasteiger partial charge in [0.25, 0.3) is 5.82 Å². The predicted molar refractivity (Wildman–Crippen MR) is 87.4 cm³/mol. The highest BCUT2D eigenvalue weighted by molar-refractivity contribution is 7.89. The van der Waals surface area contributed by atoms with E-state index in [-0.39, 0.29) is 0 Å². The topological polar surface area (TPSA) is 54.8 Å². The molecule has 3 rings (SSSR count). The van der Waals surface area contributed by atoms with E-state index >= 15 is 0 Å². The van der Waals surface area contributed by atoms with Crippen LogP contribution in [0.5, 0.6) is 0 Å². The number of nitrogens with one attached hydrogen (secondary N) is 1. The van der Waals surface area contributed by atoms with Crippen molar-refractivity contribution in [3.8, 4) is 0 Å². The number of sulfonamides is 1. The normalized spacial score (nSPS) is 16.0. The van der Waals surface area contributed by atoms with E-state index in [1.807, 2.05) is 19.2 Å². The zero-order chi connectivity index (χ0) is 15.6. The van der Waals surface area contributed by atoms with Crippen molar-refractivity contribution >= 4 is 27.2 Å². The zero-order valence-corrected chi connectivity index (χ0v) is 14.2. The van der Waals surface area contributed by atoms with Gasteiger partial charge in [-0.2, -0.15) is 4.31 Å². The Balaban J connectivity index is 1.74. The van der Waals surface area contributed by atoms with Crippen LogP contribution in [0.2, 0.25) is 0 Å². The minimum atomic E-state index is -3.35. The van der Waals surface area contributed by atoms with Crippen LogP contribution < -0.4 is 9.88 Å². The van der Waals surface area contributed by atoms with Crippen LogP contribution in [-0.4, -0.2) is 32.9 Å². The Morgan fingerprint density at radius 3 is 2.64 bits per heavy atom. The first-order chi connectivity index (χ1) is 10.6. The molecule has 0 atom stereocenters. The summed E-state index contributed by atoms with van der Waals surface area (Å²) in [4.78, 5) is 6.78. The second-order valence-electron chi connectivity index (χ2n) is 5.46. The molecule has 0 unspecified atom stereocenters. The van der Waals surface area contributed by atoms with Crippen LogP contribution in [0.1, 0.15) is 17.7 Å². The number of rotatable bonds is 5. The minimum absolute atomic E-state index is 0.336. The number of aromatic nitrogens is 1. The molecular formula is C15H20N3O2S2+. The smallest absolute Gasteiger partial charge is 0.259 e. The van der Waals surface area contributed by atoms with Crippen molar-refractivity contribution < 1.29 is 13.4 Å². The average Bonchev–Trinajstić information content (AvgIpc) is 3.21. The third-order valence-corrected chi connectivity index (χ3v) is 6.61. The number of H-pyrrole nitrogens is 1. The Labute approximate surface area is 135 Å². The second kappa shape index (κ2) is 6.36. The van der Waals surface area contributed by atoms with E-state index in [0.717, 1.165) is 25.2 Å². The van der Waals surface area contributed by atoms with Crippen LogP contribution in [0.15, 0.2) is 40.7 Å². The van der Waals surface area contributed by atoms with Gasteiger partial charge in [0.05, 0.1) is 7.05 Å². The maximum Gasteiger partial charge on any atom is 0.274 e. The molecule has 0 radical (unpaired) electrons. The van der Waals surface area contributed by atoms with Crippen LogP contribution in [0.25, 0.3) is 0 Å². The van der Waals surface area contributed by atoms with Gasteiger partial charge in [0.15, 0.2) is 0 Å². The van der Waals surface area contributed by atoms with Gasteiger partial charge in [-0.05, 0) is 30.4 Å². The van der Waals surface area contributed by atoms with Gasteiger partial charge in [-0.25, -0.2) is 13.4 Å².